The molecule has 9 heteroatoms. The number of carbonyl (C=O) groups excluding carboxylic acids is 1. The molecule has 0 aliphatic heterocycles. The molecule has 126 valence electrons. The number of benzene rings is 1. The lowest BCUT2D eigenvalue weighted by atomic mass is 10.1. The number of nitrogens with zero attached hydrogens (tertiary/aromatic N) is 1. The van der Waals surface area contributed by atoms with Crippen LogP contribution in [0, 0.1) is 0 Å². The summed E-state index contributed by atoms with van der Waals surface area (Å²) >= 11 is 3.21. The summed E-state index contributed by atoms with van der Waals surface area (Å²) in [6, 6.07) is 3.94. The molecule has 0 bridgehead atoms. The Morgan fingerprint density at radius 1 is 1.29 bits per heavy atom. The van der Waals surface area contributed by atoms with Crippen LogP contribution in [-0.4, -0.2) is 31.4 Å². The number of hydrogen-bond donors (Lipinski definition) is 0. The fourth-order valence-corrected chi connectivity index (χ4v) is 3.74. The Morgan fingerprint density at radius 3 is 2.62 bits per heavy atom. The minimum absolute atomic E-state index is 0.00262. The molecule has 0 saturated carbocycles. The van der Waals surface area contributed by atoms with Crippen LogP contribution in [-0.2, 0) is 16.3 Å². The highest BCUT2D eigenvalue weighted by Crippen LogP contribution is 2.43. The van der Waals surface area contributed by atoms with Crippen LogP contribution >= 0.6 is 15.9 Å². The first kappa shape index (κ1) is 17.0. The van der Waals surface area contributed by atoms with E-state index in [4.69, 9.17) is 4.74 Å². The zero-order valence-electron chi connectivity index (χ0n) is 12.2. The van der Waals surface area contributed by atoms with Crippen molar-refractivity contribution in [2.24, 2.45) is 0 Å². The normalized spacial score (nSPS) is 16.1. The number of fused-ring (bicyclic) bond motifs is 1. The van der Waals surface area contributed by atoms with E-state index in [9.17, 15) is 22.0 Å². The summed E-state index contributed by atoms with van der Waals surface area (Å²) in [6.07, 6.45) is 2.85. The van der Waals surface area contributed by atoms with Crippen molar-refractivity contribution < 1.29 is 26.7 Å². The van der Waals surface area contributed by atoms with Gasteiger partial charge in [0.15, 0.2) is 9.84 Å². The van der Waals surface area contributed by atoms with E-state index in [1.165, 1.54) is 18.5 Å². The molecule has 0 fully saturated rings. The zero-order chi connectivity index (χ0) is 17.7. The van der Waals surface area contributed by atoms with Gasteiger partial charge in [-0.1, -0.05) is 0 Å². The number of carbonyl (C=O) groups is 1. The Balaban J connectivity index is 2.16. The van der Waals surface area contributed by atoms with E-state index >= 15 is 0 Å². The van der Waals surface area contributed by atoms with Gasteiger partial charge in [-0.2, -0.15) is 8.78 Å². The lowest BCUT2D eigenvalue weighted by Gasteiger charge is -2.12. The number of sulfone groups is 1. The third-order valence-electron chi connectivity index (χ3n) is 3.50. The van der Waals surface area contributed by atoms with E-state index in [0.717, 1.165) is 12.3 Å². The van der Waals surface area contributed by atoms with E-state index in [2.05, 4.69) is 20.9 Å². The van der Waals surface area contributed by atoms with Crippen LogP contribution in [0.4, 0.5) is 8.78 Å². The molecule has 1 aromatic heterocycles. The molecular weight excluding hydrogens is 408 g/mol. The molecule has 2 aromatic rings. The van der Waals surface area contributed by atoms with Gasteiger partial charge in [-0.25, -0.2) is 8.42 Å². The summed E-state index contributed by atoms with van der Waals surface area (Å²) in [4.78, 5) is 15.4. The number of halogens is 3. The van der Waals surface area contributed by atoms with Gasteiger partial charge in [0.1, 0.15) is 11.5 Å². The molecule has 5 nitrogen and oxygen atoms in total. The molecule has 0 spiro atoms. The van der Waals surface area contributed by atoms with Gasteiger partial charge in [-0.15, -0.1) is 0 Å². The highest BCUT2D eigenvalue weighted by molar-refractivity contribution is 9.10. The van der Waals surface area contributed by atoms with Crippen LogP contribution in [0.25, 0.3) is 0 Å². The molecule has 1 aromatic carbocycles. The second-order valence-corrected chi connectivity index (χ2v) is 8.24. The van der Waals surface area contributed by atoms with Crippen molar-refractivity contribution in [3.63, 3.8) is 0 Å². The Bertz CT molecular complexity index is 960. The maximum atomic E-state index is 13.9. The Morgan fingerprint density at radius 2 is 2.00 bits per heavy atom. The first-order valence-corrected chi connectivity index (χ1v) is 9.35. The molecule has 1 aliphatic carbocycles. The van der Waals surface area contributed by atoms with E-state index in [-0.39, 0.29) is 17.1 Å². The number of ketones is 1. The largest absolute Gasteiger partial charge is 0.455 e. The lowest BCUT2D eigenvalue weighted by molar-refractivity contribution is 0.0165. The summed E-state index contributed by atoms with van der Waals surface area (Å²) in [5.41, 5.74) is -0.615. The van der Waals surface area contributed by atoms with E-state index in [1.807, 2.05) is 0 Å². The molecule has 0 unspecified atom stereocenters. The van der Waals surface area contributed by atoms with Crippen LogP contribution in [0.15, 0.2) is 40.0 Å². The van der Waals surface area contributed by atoms with Gasteiger partial charge in [-0.05, 0) is 34.1 Å². The average molecular weight is 418 g/mol. The molecule has 1 aliphatic rings. The standard InChI is InChI=1S/C15H10BrF2NO4S/c1-24(21,22)12-3-2-11(23-9-4-8(16)6-19-7-9)10-5-15(17,18)14(20)13(10)12/h2-4,6-7H,5H2,1H3. The third kappa shape index (κ3) is 2.93. The van der Waals surface area contributed by atoms with E-state index in [1.54, 1.807) is 6.07 Å². The summed E-state index contributed by atoms with van der Waals surface area (Å²) in [7, 11) is -3.84. The van der Waals surface area contributed by atoms with Crippen molar-refractivity contribution in [3.05, 3.63) is 46.2 Å². The number of pyridine rings is 1. The predicted molar refractivity (Wildman–Crippen MR) is 84.5 cm³/mol. The second kappa shape index (κ2) is 5.59. The second-order valence-electron chi connectivity index (χ2n) is 5.34. The van der Waals surface area contributed by atoms with Crippen LogP contribution in [0.1, 0.15) is 15.9 Å². The number of hydrogen-bond acceptors (Lipinski definition) is 5. The molecule has 0 atom stereocenters. The molecule has 3 rings (SSSR count). The van der Waals surface area contributed by atoms with E-state index < -0.39 is 38.4 Å². The monoisotopic (exact) mass is 417 g/mol. The van der Waals surface area contributed by atoms with Gasteiger partial charge >= 0.3 is 5.92 Å². The molecule has 0 saturated heterocycles. The van der Waals surface area contributed by atoms with Gasteiger partial charge in [-0.3, -0.25) is 9.78 Å². The van der Waals surface area contributed by atoms with Crippen LogP contribution in [0.2, 0.25) is 0 Å². The Hall–Kier alpha value is -1.87. The molecule has 0 N–H and O–H groups in total. The first-order valence-electron chi connectivity index (χ1n) is 6.66. The zero-order valence-corrected chi connectivity index (χ0v) is 14.6. The Labute approximate surface area is 144 Å². The number of rotatable bonds is 3. The van der Waals surface area contributed by atoms with Gasteiger partial charge in [0.25, 0.3) is 0 Å². The van der Waals surface area contributed by atoms with Crippen molar-refractivity contribution in [1.29, 1.82) is 0 Å². The quantitative estimate of drug-likeness (QED) is 0.764. The first-order chi connectivity index (χ1) is 11.1. The highest BCUT2D eigenvalue weighted by atomic mass is 79.9. The van der Waals surface area contributed by atoms with Crippen LogP contribution < -0.4 is 4.74 Å². The smallest absolute Gasteiger partial charge is 0.313 e. The fraction of sp³-hybridized carbons (Fsp3) is 0.200. The minimum atomic E-state index is -3.84. The SMILES string of the molecule is CS(=O)(=O)c1ccc(Oc2cncc(Br)c2)c2c1C(=O)C(F)(F)C2. The van der Waals surface area contributed by atoms with Crippen molar-refractivity contribution in [2.75, 3.05) is 6.26 Å². The highest BCUT2D eigenvalue weighted by Gasteiger charge is 2.50. The maximum Gasteiger partial charge on any atom is 0.313 e. The molecule has 1 heterocycles. The van der Waals surface area contributed by atoms with Crippen molar-refractivity contribution >= 4 is 31.6 Å². The molecule has 0 amide bonds. The maximum absolute atomic E-state index is 13.9. The van der Waals surface area contributed by atoms with Gasteiger partial charge in [0, 0.05) is 34.5 Å². The number of aromatic nitrogens is 1. The van der Waals surface area contributed by atoms with Gasteiger partial charge < -0.3 is 4.74 Å². The number of ether oxygens (including phenoxy) is 1. The molecule has 0 radical (unpaired) electrons. The topological polar surface area (TPSA) is 73.3 Å². The minimum Gasteiger partial charge on any atom is -0.455 e. The number of Topliss-reactive ketones (excluding diaryl/α,β-unsaturated/α-hetero) is 1. The third-order valence-corrected chi connectivity index (χ3v) is 5.07. The summed E-state index contributed by atoms with van der Waals surface area (Å²) < 4.78 is 57.5. The predicted octanol–water partition coefficient (Wildman–Crippen LogP) is 3.41. The molecular formula is C15H10BrF2NO4S. The van der Waals surface area contributed by atoms with Gasteiger partial charge in [0.2, 0.25) is 5.78 Å². The number of alkyl halides is 2. The lowest BCUT2D eigenvalue weighted by Crippen LogP contribution is -2.24. The van der Waals surface area contributed by atoms with Crippen molar-refractivity contribution in [2.45, 2.75) is 17.2 Å². The summed E-state index contributed by atoms with van der Waals surface area (Å²) in [5, 5.41) is 0. The van der Waals surface area contributed by atoms with Crippen molar-refractivity contribution in [1.82, 2.24) is 4.98 Å². The van der Waals surface area contributed by atoms with Crippen LogP contribution in [0.3, 0.4) is 0 Å². The Kier molecular flexibility index (Phi) is 3.95. The van der Waals surface area contributed by atoms with Gasteiger partial charge in [0.05, 0.1) is 11.1 Å². The summed E-state index contributed by atoms with van der Waals surface area (Å²) in [6.45, 7) is 0. The summed E-state index contributed by atoms with van der Waals surface area (Å²) in [5.74, 6) is -4.89. The fourth-order valence-electron chi connectivity index (χ4n) is 2.50. The van der Waals surface area contributed by atoms with Crippen molar-refractivity contribution in [3.8, 4) is 11.5 Å². The average Bonchev–Trinajstić information content (AvgIpc) is 2.70. The van der Waals surface area contributed by atoms with E-state index in [0.29, 0.717) is 4.47 Å². The van der Waals surface area contributed by atoms with Crippen LogP contribution in [0.5, 0.6) is 11.5 Å². The molecule has 24 heavy (non-hydrogen) atoms.